The van der Waals surface area contributed by atoms with E-state index in [2.05, 4.69) is 0 Å². The normalized spacial score (nSPS) is 54.6. The molecule has 3 aliphatic heterocycles. The van der Waals surface area contributed by atoms with Crippen LogP contribution < -0.4 is 28.7 Å². The maximum Gasteiger partial charge on any atom is 0.187 e. The van der Waals surface area contributed by atoms with Gasteiger partial charge in [0.15, 0.2) is 18.9 Å². The molecule has 1 saturated carbocycles. The molecule has 20 nitrogen and oxygen atoms in total. The van der Waals surface area contributed by atoms with Crippen molar-refractivity contribution in [2.75, 3.05) is 19.8 Å². The number of hydrogen-bond acceptors (Lipinski definition) is 20. The smallest absolute Gasteiger partial charge is 0.187 e. The van der Waals surface area contributed by atoms with Crippen LogP contribution in [-0.4, -0.2) is 188 Å². The second kappa shape index (κ2) is 14.3. The average molecular weight is 632 g/mol. The van der Waals surface area contributed by atoms with E-state index in [4.69, 9.17) is 57.1 Å². The summed E-state index contributed by atoms with van der Waals surface area (Å²) >= 11 is 0. The molecule has 4 rings (SSSR count). The topological polar surface area (TPSA) is 368 Å². The summed E-state index contributed by atoms with van der Waals surface area (Å²) in [5.41, 5.74) is 29.7. The quantitative estimate of drug-likeness (QED) is 0.112. The largest absolute Gasteiger partial charge is 0.394 e. The molecule has 0 aromatic carbocycles. The second-order valence-electron chi connectivity index (χ2n) is 11.3. The molecule has 3 heterocycles. The number of aliphatic hydroxyl groups excluding tert-OH is 9. The first-order valence-corrected chi connectivity index (χ1v) is 13.9. The van der Waals surface area contributed by atoms with Crippen molar-refractivity contribution in [1.29, 1.82) is 0 Å². The van der Waals surface area contributed by atoms with Crippen molar-refractivity contribution in [3.05, 3.63) is 0 Å². The van der Waals surface area contributed by atoms with Crippen LogP contribution in [0.5, 0.6) is 0 Å². The van der Waals surface area contributed by atoms with Gasteiger partial charge in [-0.3, -0.25) is 0 Å². The lowest BCUT2D eigenvalue weighted by Crippen LogP contribution is -2.72. The molecular weight excluding hydrogens is 586 g/mol. The predicted molar refractivity (Wildman–Crippen MR) is 138 cm³/mol. The fraction of sp³-hybridized carbons (Fsp3) is 1.00. The van der Waals surface area contributed by atoms with Crippen molar-refractivity contribution >= 4 is 0 Å². The molecule has 1 aliphatic carbocycles. The molecule has 0 aromatic rings. The molecule has 4 fully saturated rings. The lowest BCUT2D eigenvalue weighted by atomic mass is 9.82. The highest BCUT2D eigenvalue weighted by Gasteiger charge is 2.56. The molecule has 0 radical (unpaired) electrons. The summed E-state index contributed by atoms with van der Waals surface area (Å²) < 4.78 is 34.1. The molecule has 0 aromatic heterocycles. The first kappa shape index (κ1) is 35.1. The van der Waals surface area contributed by atoms with Gasteiger partial charge in [0.2, 0.25) is 0 Å². The van der Waals surface area contributed by atoms with Crippen molar-refractivity contribution in [2.45, 2.75) is 122 Å². The molecule has 19 N–H and O–H groups in total. The summed E-state index contributed by atoms with van der Waals surface area (Å²) in [5, 5.41) is 92.8. The minimum absolute atomic E-state index is 0.215. The van der Waals surface area contributed by atoms with Gasteiger partial charge in [0.25, 0.3) is 0 Å². The van der Waals surface area contributed by atoms with Gasteiger partial charge in [0, 0.05) is 6.54 Å². The van der Waals surface area contributed by atoms with Gasteiger partial charge < -0.3 is 103 Å². The van der Waals surface area contributed by atoms with Crippen molar-refractivity contribution in [3.63, 3.8) is 0 Å². The van der Waals surface area contributed by atoms with E-state index in [-0.39, 0.29) is 6.54 Å². The van der Waals surface area contributed by atoms with E-state index >= 15 is 0 Å². The summed E-state index contributed by atoms with van der Waals surface area (Å²) in [6, 6.07) is -5.35. The zero-order chi connectivity index (χ0) is 31.9. The first-order valence-electron chi connectivity index (χ1n) is 13.9. The van der Waals surface area contributed by atoms with E-state index in [1.54, 1.807) is 0 Å². The monoisotopic (exact) mass is 631 g/mol. The van der Waals surface area contributed by atoms with E-state index in [1.165, 1.54) is 0 Å². The van der Waals surface area contributed by atoms with Crippen molar-refractivity contribution < 1.29 is 74.4 Å². The Morgan fingerprint density at radius 1 is 0.442 bits per heavy atom. The molecule has 4 aliphatic rings. The molecule has 0 amide bonds. The van der Waals surface area contributed by atoms with Crippen LogP contribution in [0.25, 0.3) is 0 Å². The minimum atomic E-state index is -1.71. The lowest BCUT2D eigenvalue weighted by Gasteiger charge is -2.48. The van der Waals surface area contributed by atoms with Gasteiger partial charge in [0.05, 0.1) is 43.5 Å². The van der Waals surface area contributed by atoms with Crippen LogP contribution in [0, 0.1) is 0 Å². The van der Waals surface area contributed by atoms with E-state index in [0.717, 1.165) is 0 Å². The summed E-state index contributed by atoms with van der Waals surface area (Å²) in [6.07, 6.45) is -23.5. The van der Waals surface area contributed by atoms with Gasteiger partial charge in [-0.2, -0.15) is 0 Å². The molecule has 3 saturated heterocycles. The average Bonchev–Trinajstić information content (AvgIpc) is 3.29. The van der Waals surface area contributed by atoms with Crippen LogP contribution in [0.4, 0.5) is 0 Å². The third-order valence-electron chi connectivity index (χ3n) is 8.48. The zero-order valence-corrected chi connectivity index (χ0v) is 23.0. The summed E-state index contributed by atoms with van der Waals surface area (Å²) in [4.78, 5) is 0. The Morgan fingerprint density at radius 3 is 1.44 bits per heavy atom. The Hall–Kier alpha value is -0.800. The molecule has 43 heavy (non-hydrogen) atoms. The predicted octanol–water partition coefficient (Wildman–Crippen LogP) is -9.89. The van der Waals surface area contributed by atoms with Gasteiger partial charge >= 0.3 is 0 Å². The van der Waals surface area contributed by atoms with Crippen molar-refractivity contribution in [1.82, 2.24) is 0 Å². The van der Waals surface area contributed by atoms with Crippen LogP contribution in [-0.2, 0) is 28.4 Å². The van der Waals surface area contributed by atoms with Gasteiger partial charge in [0.1, 0.15) is 73.2 Å². The van der Waals surface area contributed by atoms with Crippen molar-refractivity contribution in [2.24, 2.45) is 28.7 Å². The minimum Gasteiger partial charge on any atom is -0.394 e. The maximum absolute atomic E-state index is 11.1. The Labute approximate surface area is 245 Å². The third kappa shape index (κ3) is 6.70. The summed E-state index contributed by atoms with van der Waals surface area (Å²) in [5.74, 6) is 0. The molecule has 20 atom stereocenters. The van der Waals surface area contributed by atoms with Crippen LogP contribution >= 0.6 is 0 Å². The van der Waals surface area contributed by atoms with Crippen LogP contribution in [0.2, 0.25) is 0 Å². The number of rotatable bonds is 9. The fourth-order valence-electron chi connectivity index (χ4n) is 5.70. The first-order chi connectivity index (χ1) is 20.3. The Bertz CT molecular complexity index is 898. The highest BCUT2D eigenvalue weighted by molar-refractivity contribution is 5.06. The number of aliphatic hydroxyl groups is 9. The third-order valence-corrected chi connectivity index (χ3v) is 8.48. The Morgan fingerprint density at radius 2 is 0.907 bits per heavy atom. The van der Waals surface area contributed by atoms with E-state index < -0.39 is 136 Å². The van der Waals surface area contributed by atoms with E-state index in [1.807, 2.05) is 0 Å². The van der Waals surface area contributed by atoms with E-state index in [0.29, 0.717) is 0 Å². The van der Waals surface area contributed by atoms with Gasteiger partial charge in [-0.05, 0) is 0 Å². The van der Waals surface area contributed by atoms with Gasteiger partial charge in [-0.25, -0.2) is 0 Å². The zero-order valence-electron chi connectivity index (χ0n) is 23.0. The second-order valence-corrected chi connectivity index (χ2v) is 11.3. The molecule has 0 unspecified atom stereocenters. The van der Waals surface area contributed by atoms with E-state index in [9.17, 15) is 46.0 Å². The standard InChI is InChI=1S/C23H45N5O15/c24-1-4-11(31)14(34)9(27)21(38-4)42-19-8(26)13(33)7(25)16(36)20(19)43-23-17(37)18(6(3-30)40-23)41-22-10(28)15(35)12(32)5(2-29)39-22/h4-23,29-37H,1-3,24-28H2/t4-,5+,6-,7-,8+,9-,10-,11-,12-,13-,14-,15-,16+,17-,18-,19-,20-,21-,22-,23+/m1/s1. The fourth-order valence-corrected chi connectivity index (χ4v) is 5.70. The maximum atomic E-state index is 11.1. The summed E-state index contributed by atoms with van der Waals surface area (Å²) in [7, 11) is 0. The molecule has 20 heteroatoms. The number of nitrogens with two attached hydrogens (primary N) is 5. The highest BCUT2D eigenvalue weighted by atomic mass is 16.8. The van der Waals surface area contributed by atoms with Crippen LogP contribution in [0.3, 0.4) is 0 Å². The molecule has 0 bridgehead atoms. The number of ether oxygens (including phenoxy) is 6. The Kier molecular flexibility index (Phi) is 11.7. The van der Waals surface area contributed by atoms with Crippen LogP contribution in [0.1, 0.15) is 0 Å². The highest BCUT2D eigenvalue weighted by Crippen LogP contribution is 2.34. The van der Waals surface area contributed by atoms with Gasteiger partial charge in [-0.1, -0.05) is 0 Å². The van der Waals surface area contributed by atoms with Crippen molar-refractivity contribution in [3.8, 4) is 0 Å². The SMILES string of the molecule is NC[C@H]1O[C@H](O[C@@H]2[C@@H](N)[C@H](O)[C@@H](N)[C@H](O)[C@H]2O[C@@H]2O[C@H](CO)[C@@H](O[C@H]3O[C@@H](CO)[C@@H](O)[C@H](O)[C@H]3N)[C@H]2O)[C@H](N)[C@@H](O)[C@@H]1O. The van der Waals surface area contributed by atoms with Gasteiger partial charge in [-0.15, -0.1) is 0 Å². The number of hydrogen-bond donors (Lipinski definition) is 14. The Balaban J connectivity index is 1.52. The molecule has 252 valence electrons. The molecular formula is C23H45N5O15. The summed E-state index contributed by atoms with van der Waals surface area (Å²) in [6.45, 7) is -1.62. The molecule has 0 spiro atoms. The van der Waals surface area contributed by atoms with Crippen LogP contribution in [0.15, 0.2) is 0 Å². The lowest BCUT2D eigenvalue weighted by molar-refractivity contribution is -0.312.